The third kappa shape index (κ3) is 2.06. The molecule has 1 fully saturated rings. The van der Waals surface area contributed by atoms with Crippen molar-refractivity contribution in [3.63, 3.8) is 0 Å². The van der Waals surface area contributed by atoms with E-state index in [9.17, 15) is 8.42 Å². The van der Waals surface area contributed by atoms with Crippen molar-refractivity contribution in [1.29, 1.82) is 0 Å². The molecule has 3 rings (SSSR count). The molecular weight excluding hydrogens is 322 g/mol. The number of nitrogens with zero attached hydrogens (tertiary/aromatic N) is 3. The summed E-state index contributed by atoms with van der Waals surface area (Å²) >= 11 is 7.39. The molecule has 20 heavy (non-hydrogen) atoms. The van der Waals surface area contributed by atoms with Crippen molar-refractivity contribution in [2.24, 2.45) is 0 Å². The predicted octanol–water partition coefficient (Wildman–Crippen LogP) is 1.85. The Kier molecular flexibility index (Phi) is 3.33. The molecule has 2 aromatic heterocycles. The first-order valence-electron chi connectivity index (χ1n) is 6.06. The Balaban J connectivity index is 2.16. The number of thiazole rings is 1. The zero-order valence-electron chi connectivity index (χ0n) is 11.0. The summed E-state index contributed by atoms with van der Waals surface area (Å²) in [4.78, 5) is 4.66. The van der Waals surface area contributed by atoms with E-state index in [1.807, 2.05) is 13.8 Å². The van der Waals surface area contributed by atoms with Crippen LogP contribution in [-0.4, -0.2) is 47.4 Å². The number of ether oxygens (including phenoxy) is 1. The van der Waals surface area contributed by atoms with Crippen molar-refractivity contribution in [2.45, 2.75) is 24.4 Å². The standard InChI is InChI=1S/C11H14ClN3O3S2/c1-11(2)7-18-5-3-15(11)20(16,17)9-8(12)13-10-14(9)4-6-19-10/h4,6H,3,5,7H2,1-2H3. The summed E-state index contributed by atoms with van der Waals surface area (Å²) in [6.07, 6.45) is 1.67. The minimum Gasteiger partial charge on any atom is -0.378 e. The normalized spacial score (nSPS) is 20.6. The van der Waals surface area contributed by atoms with Crippen LogP contribution in [0, 0.1) is 0 Å². The van der Waals surface area contributed by atoms with Gasteiger partial charge in [0.25, 0.3) is 10.0 Å². The van der Waals surface area contributed by atoms with Crippen LogP contribution >= 0.6 is 22.9 Å². The van der Waals surface area contributed by atoms with E-state index in [4.69, 9.17) is 16.3 Å². The lowest BCUT2D eigenvalue weighted by Crippen LogP contribution is -2.55. The number of imidazole rings is 1. The summed E-state index contributed by atoms with van der Waals surface area (Å²) in [5.41, 5.74) is -0.611. The second-order valence-electron chi connectivity index (χ2n) is 5.21. The second kappa shape index (κ2) is 4.67. The summed E-state index contributed by atoms with van der Waals surface area (Å²) in [6, 6.07) is 0. The molecule has 9 heteroatoms. The molecule has 0 spiro atoms. The summed E-state index contributed by atoms with van der Waals surface area (Å²) in [6.45, 7) is 4.72. The molecule has 3 heterocycles. The molecule has 0 N–H and O–H groups in total. The highest BCUT2D eigenvalue weighted by Gasteiger charge is 2.42. The summed E-state index contributed by atoms with van der Waals surface area (Å²) in [7, 11) is -3.72. The van der Waals surface area contributed by atoms with Crippen molar-refractivity contribution in [2.75, 3.05) is 19.8 Å². The number of hydrogen-bond acceptors (Lipinski definition) is 5. The van der Waals surface area contributed by atoms with Crippen molar-refractivity contribution >= 4 is 37.9 Å². The van der Waals surface area contributed by atoms with Gasteiger partial charge in [0.05, 0.1) is 18.8 Å². The molecule has 6 nitrogen and oxygen atoms in total. The van der Waals surface area contributed by atoms with Crippen molar-refractivity contribution in [1.82, 2.24) is 13.7 Å². The maximum Gasteiger partial charge on any atom is 0.262 e. The van der Waals surface area contributed by atoms with Crippen LogP contribution < -0.4 is 0 Å². The van der Waals surface area contributed by atoms with Gasteiger partial charge in [-0.1, -0.05) is 11.6 Å². The van der Waals surface area contributed by atoms with Crippen LogP contribution in [0.25, 0.3) is 4.96 Å². The third-order valence-corrected chi connectivity index (χ3v) is 6.55. The van der Waals surface area contributed by atoms with Crippen LogP contribution in [0.3, 0.4) is 0 Å². The van der Waals surface area contributed by atoms with Crippen LogP contribution in [0.4, 0.5) is 0 Å². The van der Waals surface area contributed by atoms with E-state index in [-0.39, 0.29) is 10.2 Å². The number of sulfonamides is 1. The van der Waals surface area contributed by atoms with E-state index in [1.165, 1.54) is 20.0 Å². The van der Waals surface area contributed by atoms with E-state index < -0.39 is 15.6 Å². The van der Waals surface area contributed by atoms with Crippen LogP contribution in [-0.2, 0) is 14.8 Å². The van der Waals surface area contributed by atoms with Gasteiger partial charge in [0, 0.05) is 18.1 Å². The number of hydrogen-bond donors (Lipinski definition) is 0. The maximum atomic E-state index is 12.9. The molecule has 0 unspecified atom stereocenters. The van der Waals surface area contributed by atoms with Gasteiger partial charge >= 0.3 is 0 Å². The monoisotopic (exact) mass is 335 g/mol. The Bertz CT molecular complexity index is 750. The van der Waals surface area contributed by atoms with Gasteiger partial charge < -0.3 is 4.74 Å². The highest BCUT2D eigenvalue weighted by molar-refractivity contribution is 7.89. The molecule has 0 aromatic carbocycles. The van der Waals surface area contributed by atoms with E-state index >= 15 is 0 Å². The first-order chi connectivity index (χ1) is 9.34. The fraction of sp³-hybridized carbons (Fsp3) is 0.545. The van der Waals surface area contributed by atoms with E-state index in [1.54, 1.807) is 11.6 Å². The maximum absolute atomic E-state index is 12.9. The predicted molar refractivity (Wildman–Crippen MR) is 76.9 cm³/mol. The number of fused-ring (bicyclic) bond motifs is 1. The largest absolute Gasteiger partial charge is 0.378 e. The van der Waals surface area contributed by atoms with Gasteiger partial charge in [-0.2, -0.15) is 4.31 Å². The number of halogens is 1. The zero-order chi connectivity index (χ0) is 14.5. The Morgan fingerprint density at radius 3 is 2.95 bits per heavy atom. The molecule has 0 aliphatic carbocycles. The second-order valence-corrected chi connectivity index (χ2v) is 8.21. The SMILES string of the molecule is CC1(C)COCCN1S(=O)(=O)c1c(Cl)nc2sccn12. The Hall–Kier alpha value is -0.670. The molecule has 0 radical (unpaired) electrons. The van der Waals surface area contributed by atoms with Gasteiger partial charge in [0.1, 0.15) is 0 Å². The molecule has 0 amide bonds. The quantitative estimate of drug-likeness (QED) is 0.840. The molecular formula is C11H14ClN3O3S2. The van der Waals surface area contributed by atoms with Gasteiger partial charge in [-0.3, -0.25) is 4.40 Å². The molecule has 0 atom stereocenters. The molecule has 0 saturated carbocycles. The number of aromatic nitrogens is 2. The molecule has 2 aromatic rings. The lowest BCUT2D eigenvalue weighted by molar-refractivity contribution is -0.00783. The highest BCUT2D eigenvalue weighted by atomic mass is 35.5. The lowest BCUT2D eigenvalue weighted by Gasteiger charge is -2.40. The van der Waals surface area contributed by atoms with Gasteiger partial charge in [0.15, 0.2) is 15.1 Å². The average molecular weight is 336 g/mol. The van der Waals surface area contributed by atoms with Gasteiger partial charge in [-0.15, -0.1) is 11.3 Å². The van der Waals surface area contributed by atoms with Crippen molar-refractivity contribution in [3.8, 4) is 0 Å². The molecule has 1 saturated heterocycles. The van der Waals surface area contributed by atoms with Crippen LogP contribution in [0.1, 0.15) is 13.8 Å². The van der Waals surface area contributed by atoms with Crippen LogP contribution in [0.5, 0.6) is 0 Å². The van der Waals surface area contributed by atoms with Gasteiger partial charge in [-0.25, -0.2) is 13.4 Å². The Labute approximate surface area is 126 Å². The number of rotatable bonds is 2. The first kappa shape index (κ1) is 14.3. The van der Waals surface area contributed by atoms with Crippen LogP contribution in [0.2, 0.25) is 5.15 Å². The van der Waals surface area contributed by atoms with E-state index in [2.05, 4.69) is 4.98 Å². The average Bonchev–Trinajstić information content (AvgIpc) is 2.86. The lowest BCUT2D eigenvalue weighted by atomic mass is 10.1. The summed E-state index contributed by atoms with van der Waals surface area (Å²) < 4.78 is 34.2. The Morgan fingerprint density at radius 1 is 1.50 bits per heavy atom. The minimum absolute atomic E-state index is 0.0131. The van der Waals surface area contributed by atoms with E-state index in [0.29, 0.717) is 24.7 Å². The Morgan fingerprint density at radius 2 is 2.25 bits per heavy atom. The fourth-order valence-electron chi connectivity index (χ4n) is 2.36. The molecule has 110 valence electrons. The third-order valence-electron chi connectivity index (χ3n) is 3.28. The number of morpholine rings is 1. The van der Waals surface area contributed by atoms with E-state index in [0.717, 1.165) is 0 Å². The minimum atomic E-state index is -3.72. The first-order valence-corrected chi connectivity index (χ1v) is 8.75. The molecule has 1 aliphatic rings. The molecule has 1 aliphatic heterocycles. The van der Waals surface area contributed by atoms with Gasteiger partial charge in [0.2, 0.25) is 0 Å². The van der Waals surface area contributed by atoms with Crippen LogP contribution in [0.15, 0.2) is 16.6 Å². The zero-order valence-corrected chi connectivity index (χ0v) is 13.4. The van der Waals surface area contributed by atoms with Crippen molar-refractivity contribution in [3.05, 3.63) is 16.7 Å². The smallest absolute Gasteiger partial charge is 0.262 e. The summed E-state index contributed by atoms with van der Waals surface area (Å²) in [5, 5.41) is 1.83. The fourth-order valence-corrected chi connectivity index (χ4v) is 5.53. The van der Waals surface area contributed by atoms with Gasteiger partial charge in [-0.05, 0) is 13.8 Å². The molecule has 0 bridgehead atoms. The topological polar surface area (TPSA) is 63.9 Å². The summed E-state index contributed by atoms with van der Waals surface area (Å²) in [5.74, 6) is 0. The highest BCUT2D eigenvalue weighted by Crippen LogP contribution is 2.32. The van der Waals surface area contributed by atoms with Crippen molar-refractivity contribution < 1.29 is 13.2 Å².